The summed E-state index contributed by atoms with van der Waals surface area (Å²) < 4.78 is 13.0. The summed E-state index contributed by atoms with van der Waals surface area (Å²) >= 11 is 1.18. The van der Waals surface area contributed by atoms with Crippen LogP contribution in [0.3, 0.4) is 0 Å². The van der Waals surface area contributed by atoms with Crippen LogP contribution in [0.1, 0.15) is 49.4 Å². The van der Waals surface area contributed by atoms with Crippen molar-refractivity contribution in [2.45, 2.75) is 39.3 Å². The minimum absolute atomic E-state index is 0.178. The highest BCUT2D eigenvalue weighted by Gasteiger charge is 2.38. The number of hydrogen-bond acceptors (Lipinski definition) is 7. The summed E-state index contributed by atoms with van der Waals surface area (Å²) in [6.45, 7) is 4.31. The number of ether oxygens (including phenoxy) is 2. The van der Waals surface area contributed by atoms with Crippen molar-refractivity contribution in [1.82, 2.24) is 4.57 Å². The number of carbonyl (C=O) groups excluding carboxylic acids is 2. The van der Waals surface area contributed by atoms with Crippen molar-refractivity contribution in [1.29, 1.82) is 0 Å². The summed E-state index contributed by atoms with van der Waals surface area (Å²) in [6.07, 6.45) is 1.25. The van der Waals surface area contributed by atoms with E-state index < -0.39 is 17.6 Å². The van der Waals surface area contributed by atoms with Gasteiger partial charge in [0.1, 0.15) is 16.3 Å². The first-order valence-corrected chi connectivity index (χ1v) is 15.1. The average molecular weight is 594 g/mol. The first kappa shape index (κ1) is 28.4. The molecule has 1 aromatic heterocycles. The average Bonchev–Trinajstić information content (AvgIpc) is 3.49. The van der Waals surface area contributed by atoms with E-state index in [-0.39, 0.29) is 17.0 Å². The van der Waals surface area contributed by atoms with E-state index in [1.807, 2.05) is 79.7 Å². The first-order chi connectivity index (χ1) is 21.0. The van der Waals surface area contributed by atoms with Gasteiger partial charge in [0.05, 0.1) is 42.8 Å². The van der Waals surface area contributed by atoms with Gasteiger partial charge in [0.25, 0.3) is 11.5 Å². The van der Waals surface area contributed by atoms with Crippen LogP contribution in [0.25, 0.3) is 5.57 Å². The first-order valence-electron chi connectivity index (χ1n) is 14.3. The highest BCUT2D eigenvalue weighted by molar-refractivity contribution is 7.07. The molecule has 3 heterocycles. The number of methoxy groups -OCH3 is 1. The van der Waals surface area contributed by atoms with Gasteiger partial charge in [0.2, 0.25) is 0 Å². The normalized spacial score (nSPS) is 17.0. The SMILES string of the molecule is CCCC1=C(C(=O)OCC)[C@@H](c2ccccc2OC)n2c(s/c(=C3\C(=O)N(Cc4ccccc4)c4ccccc43)c2=O)=N1. The number of amides is 1. The van der Waals surface area contributed by atoms with Gasteiger partial charge < -0.3 is 14.4 Å². The summed E-state index contributed by atoms with van der Waals surface area (Å²) in [5.74, 6) is -0.246. The molecule has 0 aliphatic carbocycles. The lowest BCUT2D eigenvalue weighted by Crippen LogP contribution is -2.41. The Morgan fingerprint density at radius 2 is 1.67 bits per heavy atom. The molecule has 0 N–H and O–H groups in total. The van der Waals surface area contributed by atoms with Crippen LogP contribution in [-0.4, -0.2) is 30.2 Å². The second kappa shape index (κ2) is 11.9. The minimum atomic E-state index is -0.838. The van der Waals surface area contributed by atoms with Crippen molar-refractivity contribution >= 4 is 34.5 Å². The van der Waals surface area contributed by atoms with E-state index in [9.17, 15) is 14.4 Å². The zero-order valence-electron chi connectivity index (χ0n) is 24.2. The molecule has 1 atom stereocenters. The number of fused-ring (bicyclic) bond motifs is 2. The number of rotatable bonds is 8. The molecule has 6 rings (SSSR count). The van der Waals surface area contributed by atoms with Gasteiger partial charge >= 0.3 is 5.97 Å². The van der Waals surface area contributed by atoms with Crippen LogP contribution in [0.15, 0.2) is 99.9 Å². The Bertz CT molecular complexity index is 1940. The second-order valence-corrected chi connectivity index (χ2v) is 11.2. The van der Waals surface area contributed by atoms with Crippen LogP contribution in [0, 0.1) is 0 Å². The lowest BCUT2D eigenvalue weighted by atomic mass is 9.93. The Balaban J connectivity index is 1.62. The maximum Gasteiger partial charge on any atom is 0.338 e. The standard InChI is InChI=1S/C34H31N3O5S/c1-4-13-24-28(33(40)42-5-2)29(23-17-10-12-19-26(23)41-3)37-32(39)30(43-34(37)35-24)27-22-16-9-11-18-25(22)36(31(27)38)20-21-14-7-6-8-15-21/h6-12,14-19,29H,4-5,13,20H2,1-3H3/b30-27-/t29-/m1/s1. The summed E-state index contributed by atoms with van der Waals surface area (Å²) in [5.41, 5.74) is 3.88. The van der Waals surface area contributed by atoms with E-state index in [1.165, 1.54) is 15.9 Å². The fraction of sp³-hybridized carbons (Fsp3) is 0.235. The molecule has 3 aromatic carbocycles. The smallest absolute Gasteiger partial charge is 0.338 e. The monoisotopic (exact) mass is 593 g/mol. The van der Waals surface area contributed by atoms with Gasteiger partial charge in [-0.25, -0.2) is 9.79 Å². The lowest BCUT2D eigenvalue weighted by Gasteiger charge is -2.26. The number of allylic oxidation sites excluding steroid dienone is 1. The van der Waals surface area contributed by atoms with E-state index in [2.05, 4.69) is 0 Å². The van der Waals surface area contributed by atoms with Gasteiger partial charge in [-0.3, -0.25) is 14.2 Å². The molecule has 2 aliphatic rings. The summed E-state index contributed by atoms with van der Waals surface area (Å²) in [5, 5.41) is 0. The summed E-state index contributed by atoms with van der Waals surface area (Å²) in [4.78, 5) is 49.1. The number of esters is 1. The molecule has 2 aliphatic heterocycles. The van der Waals surface area contributed by atoms with Gasteiger partial charge in [-0.15, -0.1) is 0 Å². The van der Waals surface area contributed by atoms with Crippen LogP contribution in [0.2, 0.25) is 0 Å². The number of thiazole rings is 1. The van der Waals surface area contributed by atoms with Crippen molar-refractivity contribution in [3.8, 4) is 5.75 Å². The molecule has 0 bridgehead atoms. The fourth-order valence-corrected chi connectivity index (χ4v) is 6.89. The van der Waals surface area contributed by atoms with Crippen LogP contribution in [-0.2, 0) is 20.9 Å². The summed E-state index contributed by atoms with van der Waals surface area (Å²) in [7, 11) is 1.56. The van der Waals surface area contributed by atoms with Crippen molar-refractivity contribution in [3.05, 3.63) is 127 Å². The quantitative estimate of drug-likeness (QED) is 0.281. The molecular formula is C34H31N3O5S. The van der Waals surface area contributed by atoms with E-state index in [4.69, 9.17) is 14.5 Å². The Morgan fingerprint density at radius 1 is 0.953 bits per heavy atom. The molecule has 8 nitrogen and oxygen atoms in total. The zero-order chi connectivity index (χ0) is 30.1. The highest BCUT2D eigenvalue weighted by atomic mass is 32.1. The van der Waals surface area contributed by atoms with Crippen LogP contribution in [0.5, 0.6) is 5.75 Å². The second-order valence-electron chi connectivity index (χ2n) is 10.2. The molecule has 0 saturated heterocycles. The molecule has 0 unspecified atom stereocenters. The maximum atomic E-state index is 14.5. The zero-order valence-corrected chi connectivity index (χ0v) is 25.0. The van der Waals surface area contributed by atoms with E-state index in [0.29, 0.717) is 51.5 Å². The van der Waals surface area contributed by atoms with Crippen LogP contribution >= 0.6 is 11.3 Å². The topological polar surface area (TPSA) is 90.2 Å². The van der Waals surface area contributed by atoms with Gasteiger partial charge in [0, 0.05) is 11.1 Å². The number of para-hydroxylation sites is 2. The molecular weight excluding hydrogens is 562 g/mol. The molecule has 0 saturated carbocycles. The van der Waals surface area contributed by atoms with E-state index in [1.54, 1.807) is 25.0 Å². The van der Waals surface area contributed by atoms with Gasteiger partial charge in [0.15, 0.2) is 4.80 Å². The number of anilines is 1. The molecule has 0 radical (unpaired) electrons. The predicted molar refractivity (Wildman–Crippen MR) is 166 cm³/mol. The number of hydrogen-bond donors (Lipinski definition) is 0. The molecule has 0 fully saturated rings. The third-order valence-corrected chi connectivity index (χ3v) is 8.69. The van der Waals surface area contributed by atoms with Gasteiger partial charge in [-0.1, -0.05) is 91.4 Å². The molecule has 4 aromatic rings. The Labute approximate surface area is 252 Å². The van der Waals surface area contributed by atoms with Crippen molar-refractivity contribution in [3.63, 3.8) is 0 Å². The largest absolute Gasteiger partial charge is 0.496 e. The van der Waals surface area contributed by atoms with Crippen molar-refractivity contribution in [2.24, 2.45) is 4.99 Å². The minimum Gasteiger partial charge on any atom is -0.496 e. The third kappa shape index (κ3) is 4.89. The number of aromatic nitrogens is 1. The van der Waals surface area contributed by atoms with Crippen LogP contribution < -0.4 is 24.5 Å². The molecule has 0 spiro atoms. The maximum absolute atomic E-state index is 14.5. The van der Waals surface area contributed by atoms with Gasteiger partial charge in [-0.2, -0.15) is 0 Å². The van der Waals surface area contributed by atoms with Gasteiger partial charge in [-0.05, 0) is 31.0 Å². The van der Waals surface area contributed by atoms with Crippen molar-refractivity contribution in [2.75, 3.05) is 18.6 Å². The number of carbonyl (C=O) groups is 2. The fourth-order valence-electron chi connectivity index (χ4n) is 5.78. The number of nitrogens with zero attached hydrogens (tertiary/aromatic N) is 3. The van der Waals surface area contributed by atoms with E-state index >= 15 is 0 Å². The Hall–Kier alpha value is -4.76. The predicted octanol–water partition coefficient (Wildman–Crippen LogP) is 4.50. The molecule has 43 heavy (non-hydrogen) atoms. The molecule has 9 heteroatoms. The molecule has 218 valence electrons. The highest BCUT2D eigenvalue weighted by Crippen LogP contribution is 2.38. The Kier molecular flexibility index (Phi) is 7.82. The van der Waals surface area contributed by atoms with Crippen LogP contribution in [0.4, 0.5) is 5.69 Å². The lowest BCUT2D eigenvalue weighted by molar-refractivity contribution is -0.139. The summed E-state index contributed by atoms with van der Waals surface area (Å²) in [6, 6.07) is 23.8. The van der Waals surface area contributed by atoms with E-state index in [0.717, 1.165) is 17.7 Å². The third-order valence-electron chi connectivity index (χ3n) is 7.64. The van der Waals surface area contributed by atoms with Crippen molar-refractivity contribution < 1.29 is 19.1 Å². The Morgan fingerprint density at radius 3 is 2.42 bits per heavy atom. The molecule has 1 amide bonds. The number of benzene rings is 3.